The molecule has 2 heterocycles. The number of amides is 1. The normalized spacial score (nSPS) is 14.5. The summed E-state index contributed by atoms with van der Waals surface area (Å²) in [5.74, 6) is 0.794. The van der Waals surface area contributed by atoms with Crippen LogP contribution in [0.15, 0.2) is 66.9 Å². The van der Waals surface area contributed by atoms with Gasteiger partial charge >= 0.3 is 6.18 Å². The van der Waals surface area contributed by atoms with E-state index in [9.17, 15) is 22.8 Å². The Bertz CT molecular complexity index is 1590. The lowest BCUT2D eigenvalue weighted by Crippen LogP contribution is -2.28. The number of halogens is 3. The van der Waals surface area contributed by atoms with Gasteiger partial charge in [-0.15, -0.1) is 0 Å². The second-order valence-electron chi connectivity index (χ2n) is 11.0. The zero-order valence-corrected chi connectivity index (χ0v) is 23.1. The van der Waals surface area contributed by atoms with Gasteiger partial charge in [0.15, 0.2) is 11.6 Å². The van der Waals surface area contributed by atoms with Gasteiger partial charge in [-0.05, 0) is 53.8 Å². The molecule has 0 bridgehead atoms. The van der Waals surface area contributed by atoms with E-state index >= 15 is 0 Å². The number of aromatic nitrogens is 3. The van der Waals surface area contributed by atoms with Crippen molar-refractivity contribution in [3.05, 3.63) is 94.8 Å². The van der Waals surface area contributed by atoms with E-state index in [-0.39, 0.29) is 17.1 Å². The van der Waals surface area contributed by atoms with E-state index in [1.165, 1.54) is 18.3 Å². The smallest absolute Gasteiger partial charge is 0.416 e. The zero-order chi connectivity index (χ0) is 29.5. The van der Waals surface area contributed by atoms with Gasteiger partial charge in [-0.2, -0.15) is 18.3 Å². The van der Waals surface area contributed by atoms with Crippen molar-refractivity contribution in [3.63, 3.8) is 0 Å². The minimum Gasteiger partial charge on any atom is -0.497 e. The molecule has 0 radical (unpaired) electrons. The van der Waals surface area contributed by atoms with Crippen LogP contribution in [0, 0.1) is 5.41 Å². The van der Waals surface area contributed by atoms with Crippen molar-refractivity contribution < 1.29 is 27.5 Å². The summed E-state index contributed by atoms with van der Waals surface area (Å²) in [6.07, 6.45) is -2.19. The first-order chi connectivity index (χ1) is 19.4. The van der Waals surface area contributed by atoms with Crippen LogP contribution in [0.25, 0.3) is 17.1 Å². The third kappa shape index (κ3) is 5.73. The highest BCUT2D eigenvalue weighted by atomic mass is 19.4. The fraction of sp³-hybridized carbons (Fsp3) is 0.290. The van der Waals surface area contributed by atoms with Gasteiger partial charge in [-0.3, -0.25) is 9.59 Å². The number of ketones is 1. The number of rotatable bonds is 6. The molecule has 4 aromatic rings. The summed E-state index contributed by atoms with van der Waals surface area (Å²) in [5.41, 5.74) is 1.97. The van der Waals surface area contributed by atoms with Crippen LogP contribution in [0.4, 0.5) is 13.2 Å². The fourth-order valence-corrected chi connectivity index (χ4v) is 5.09. The van der Waals surface area contributed by atoms with Crippen molar-refractivity contribution in [3.8, 4) is 22.8 Å². The molecule has 0 atom stereocenters. The molecule has 212 valence electrons. The Hall–Kier alpha value is -4.47. The van der Waals surface area contributed by atoms with Gasteiger partial charge in [0.2, 0.25) is 0 Å². The van der Waals surface area contributed by atoms with Crippen LogP contribution in [0.2, 0.25) is 0 Å². The van der Waals surface area contributed by atoms with Crippen LogP contribution in [-0.4, -0.2) is 45.5 Å². The molecule has 0 spiro atoms. The Balaban J connectivity index is 1.46. The van der Waals surface area contributed by atoms with Gasteiger partial charge in [-0.1, -0.05) is 38.1 Å². The third-order valence-corrected chi connectivity index (χ3v) is 7.17. The van der Waals surface area contributed by atoms with Crippen molar-refractivity contribution >= 4 is 11.7 Å². The fourth-order valence-electron chi connectivity index (χ4n) is 5.09. The first kappa shape index (κ1) is 28.1. The molecule has 0 unspecified atom stereocenters. The molecule has 0 aliphatic heterocycles. The molecule has 5 rings (SSSR count). The predicted octanol–water partition coefficient (Wildman–Crippen LogP) is 6.39. The molecule has 0 saturated carbocycles. The van der Waals surface area contributed by atoms with Crippen LogP contribution in [-0.2, 0) is 19.1 Å². The molecule has 41 heavy (non-hydrogen) atoms. The van der Waals surface area contributed by atoms with Crippen LogP contribution in [0.3, 0.4) is 0 Å². The Labute approximate surface area is 235 Å². The first-order valence-corrected chi connectivity index (χ1v) is 13.0. The SMILES string of the molecule is COc1ccc(CN(C)C(=O)c2ccc(-n3nc(-c4ccc(C(F)(F)F)cc4)c4c3CC(C)(C)CC4=O)nc2)cc1. The molecule has 1 amide bonds. The number of alkyl halides is 3. The third-order valence-electron chi connectivity index (χ3n) is 7.17. The number of nitrogens with zero attached hydrogens (tertiary/aromatic N) is 4. The van der Waals surface area contributed by atoms with Crippen molar-refractivity contribution in [2.75, 3.05) is 14.2 Å². The number of benzene rings is 2. The van der Waals surface area contributed by atoms with Gasteiger partial charge < -0.3 is 9.64 Å². The van der Waals surface area contributed by atoms with Crippen molar-refractivity contribution in [2.45, 2.75) is 39.4 Å². The number of hydrogen-bond donors (Lipinski definition) is 0. The molecule has 1 aliphatic carbocycles. The van der Waals surface area contributed by atoms with Crippen LogP contribution >= 0.6 is 0 Å². The van der Waals surface area contributed by atoms with Crippen molar-refractivity contribution in [1.29, 1.82) is 0 Å². The molecular formula is C31H29F3N4O3. The number of methoxy groups -OCH3 is 1. The highest BCUT2D eigenvalue weighted by Crippen LogP contribution is 2.40. The summed E-state index contributed by atoms with van der Waals surface area (Å²) in [6, 6.07) is 15.4. The van der Waals surface area contributed by atoms with Gasteiger partial charge in [0.25, 0.3) is 5.91 Å². The van der Waals surface area contributed by atoms with E-state index in [2.05, 4.69) is 10.1 Å². The average molecular weight is 563 g/mol. The summed E-state index contributed by atoms with van der Waals surface area (Å²) in [5, 5.41) is 4.67. The lowest BCUT2D eigenvalue weighted by molar-refractivity contribution is -0.137. The number of fused-ring (bicyclic) bond motifs is 1. The Morgan fingerprint density at radius 1 is 1.02 bits per heavy atom. The predicted molar refractivity (Wildman–Crippen MR) is 147 cm³/mol. The molecule has 1 aliphatic rings. The monoisotopic (exact) mass is 562 g/mol. The summed E-state index contributed by atoms with van der Waals surface area (Å²) < 4.78 is 46.1. The highest BCUT2D eigenvalue weighted by Gasteiger charge is 2.37. The van der Waals surface area contributed by atoms with E-state index in [1.54, 1.807) is 35.9 Å². The molecule has 0 saturated heterocycles. The molecule has 2 aromatic heterocycles. The second kappa shape index (κ2) is 10.5. The Morgan fingerprint density at radius 3 is 2.29 bits per heavy atom. The van der Waals surface area contributed by atoms with Gasteiger partial charge in [0.1, 0.15) is 11.4 Å². The first-order valence-electron chi connectivity index (χ1n) is 13.0. The summed E-state index contributed by atoms with van der Waals surface area (Å²) in [7, 11) is 3.29. The van der Waals surface area contributed by atoms with E-state index in [4.69, 9.17) is 4.74 Å². The van der Waals surface area contributed by atoms with E-state index < -0.39 is 11.7 Å². The molecule has 0 N–H and O–H groups in total. The molecule has 0 fully saturated rings. The quantitative estimate of drug-likeness (QED) is 0.272. The van der Waals surface area contributed by atoms with Crippen LogP contribution in [0.1, 0.15) is 57.8 Å². The number of hydrogen-bond acceptors (Lipinski definition) is 5. The minimum atomic E-state index is -4.47. The van der Waals surface area contributed by atoms with Crippen LogP contribution < -0.4 is 4.74 Å². The van der Waals surface area contributed by atoms with E-state index in [0.29, 0.717) is 53.3 Å². The molecular weight excluding hydrogens is 533 g/mol. The molecule has 2 aromatic carbocycles. The molecule has 7 nitrogen and oxygen atoms in total. The summed E-state index contributed by atoms with van der Waals surface area (Å²) in [4.78, 5) is 32.4. The number of carbonyl (C=O) groups is 2. The summed E-state index contributed by atoms with van der Waals surface area (Å²) in [6.45, 7) is 4.36. The van der Waals surface area contributed by atoms with Crippen molar-refractivity contribution in [2.24, 2.45) is 5.41 Å². The lowest BCUT2D eigenvalue weighted by atomic mass is 9.75. The summed E-state index contributed by atoms with van der Waals surface area (Å²) >= 11 is 0. The second-order valence-corrected chi connectivity index (χ2v) is 11.0. The standard InChI is InChI=1S/C31H29F3N4O3/c1-30(2)15-24-27(25(39)16-30)28(20-7-10-22(11-8-20)31(32,33)34)36-38(24)26-14-9-21(17-35-26)29(40)37(3)18-19-5-12-23(41-4)13-6-19/h5-14,17H,15-16,18H2,1-4H3. The Kier molecular flexibility index (Phi) is 7.19. The largest absolute Gasteiger partial charge is 0.497 e. The number of ether oxygens (including phenoxy) is 1. The highest BCUT2D eigenvalue weighted by molar-refractivity contribution is 6.04. The van der Waals surface area contributed by atoms with Gasteiger partial charge in [0.05, 0.1) is 29.5 Å². The number of Topliss-reactive ketones (excluding diaryl/α,β-unsaturated/α-hetero) is 1. The maximum Gasteiger partial charge on any atom is 0.416 e. The number of carbonyl (C=O) groups excluding carboxylic acids is 2. The topological polar surface area (TPSA) is 77.3 Å². The van der Waals surface area contributed by atoms with Gasteiger partial charge in [0, 0.05) is 31.8 Å². The molecule has 10 heteroatoms. The van der Waals surface area contributed by atoms with Crippen molar-refractivity contribution in [1.82, 2.24) is 19.7 Å². The van der Waals surface area contributed by atoms with E-state index in [1.807, 2.05) is 38.1 Å². The number of pyridine rings is 1. The zero-order valence-electron chi connectivity index (χ0n) is 23.1. The maximum atomic E-state index is 13.3. The van der Waals surface area contributed by atoms with E-state index in [0.717, 1.165) is 23.4 Å². The lowest BCUT2D eigenvalue weighted by Gasteiger charge is -2.29. The average Bonchev–Trinajstić information content (AvgIpc) is 3.31. The minimum absolute atomic E-state index is 0.121. The van der Waals surface area contributed by atoms with Gasteiger partial charge in [-0.25, -0.2) is 9.67 Å². The maximum absolute atomic E-state index is 13.3. The Morgan fingerprint density at radius 2 is 1.71 bits per heavy atom. The van der Waals surface area contributed by atoms with Crippen LogP contribution in [0.5, 0.6) is 5.75 Å².